The molecule has 5 heteroatoms. The van der Waals surface area contributed by atoms with Gasteiger partial charge >= 0.3 is 0 Å². The lowest BCUT2D eigenvalue weighted by atomic mass is 10.0. The first-order valence-electron chi connectivity index (χ1n) is 6.33. The molecule has 4 nitrogen and oxygen atoms in total. The number of imidazole rings is 1. The Bertz CT molecular complexity index is 719. The Morgan fingerprint density at radius 2 is 1.90 bits per heavy atom. The number of rotatable bonds is 2. The molecule has 20 heavy (non-hydrogen) atoms. The SMILES string of the molecule is Cc1cnc2cc([C@H](C)N)c(-c3ccccc3)nn12.S. The van der Waals surface area contributed by atoms with E-state index in [0.717, 1.165) is 28.2 Å². The second-order valence-electron chi connectivity index (χ2n) is 4.77. The van der Waals surface area contributed by atoms with Gasteiger partial charge in [-0.2, -0.15) is 18.6 Å². The average Bonchev–Trinajstić information content (AvgIpc) is 2.79. The van der Waals surface area contributed by atoms with Crippen LogP contribution in [0.4, 0.5) is 0 Å². The maximum absolute atomic E-state index is 6.07. The van der Waals surface area contributed by atoms with E-state index < -0.39 is 0 Å². The molecule has 0 saturated carbocycles. The molecule has 2 N–H and O–H groups in total. The summed E-state index contributed by atoms with van der Waals surface area (Å²) in [6.07, 6.45) is 1.82. The molecule has 0 unspecified atom stereocenters. The van der Waals surface area contributed by atoms with Crippen LogP contribution in [0.5, 0.6) is 0 Å². The van der Waals surface area contributed by atoms with Gasteiger partial charge < -0.3 is 5.73 Å². The lowest BCUT2D eigenvalue weighted by Crippen LogP contribution is -2.10. The molecule has 104 valence electrons. The first-order valence-corrected chi connectivity index (χ1v) is 6.33. The van der Waals surface area contributed by atoms with Crippen molar-refractivity contribution in [3.05, 3.63) is 53.9 Å². The Balaban J connectivity index is 0.00000147. The molecular weight excluding hydrogens is 268 g/mol. The lowest BCUT2D eigenvalue weighted by molar-refractivity contribution is 0.794. The maximum Gasteiger partial charge on any atom is 0.154 e. The van der Waals surface area contributed by atoms with Crippen LogP contribution in [0.25, 0.3) is 16.9 Å². The smallest absolute Gasteiger partial charge is 0.154 e. The minimum Gasteiger partial charge on any atom is -0.324 e. The quantitative estimate of drug-likeness (QED) is 0.788. The highest BCUT2D eigenvalue weighted by Crippen LogP contribution is 2.26. The fourth-order valence-corrected chi connectivity index (χ4v) is 2.21. The number of benzene rings is 1. The van der Waals surface area contributed by atoms with Crippen molar-refractivity contribution >= 4 is 19.1 Å². The lowest BCUT2D eigenvalue weighted by Gasteiger charge is -2.12. The van der Waals surface area contributed by atoms with E-state index in [-0.39, 0.29) is 19.5 Å². The molecule has 0 amide bonds. The molecule has 2 heterocycles. The summed E-state index contributed by atoms with van der Waals surface area (Å²) in [6.45, 7) is 3.96. The molecule has 0 bridgehead atoms. The maximum atomic E-state index is 6.07. The number of aromatic nitrogens is 3. The van der Waals surface area contributed by atoms with E-state index in [9.17, 15) is 0 Å². The first-order chi connectivity index (χ1) is 9.16. The molecule has 2 aromatic heterocycles. The Labute approximate surface area is 125 Å². The van der Waals surface area contributed by atoms with Crippen molar-refractivity contribution in [3.8, 4) is 11.3 Å². The van der Waals surface area contributed by atoms with Crippen molar-refractivity contribution in [1.29, 1.82) is 0 Å². The van der Waals surface area contributed by atoms with Gasteiger partial charge in [-0.05, 0) is 19.9 Å². The summed E-state index contributed by atoms with van der Waals surface area (Å²) >= 11 is 0. The predicted octanol–water partition coefficient (Wildman–Crippen LogP) is 2.84. The van der Waals surface area contributed by atoms with E-state index in [1.807, 2.05) is 61.0 Å². The molecule has 0 saturated heterocycles. The summed E-state index contributed by atoms with van der Waals surface area (Å²) in [7, 11) is 0. The van der Waals surface area contributed by atoms with E-state index in [1.54, 1.807) is 0 Å². The Kier molecular flexibility index (Phi) is 4.11. The van der Waals surface area contributed by atoms with E-state index in [4.69, 9.17) is 10.8 Å². The highest BCUT2D eigenvalue weighted by Gasteiger charge is 2.13. The van der Waals surface area contributed by atoms with Gasteiger partial charge in [-0.3, -0.25) is 0 Å². The van der Waals surface area contributed by atoms with Crippen molar-refractivity contribution in [3.63, 3.8) is 0 Å². The molecule has 0 aliphatic carbocycles. The van der Waals surface area contributed by atoms with Crippen LogP contribution in [-0.2, 0) is 0 Å². The standard InChI is InChI=1S/C15H16N4.H2S/c1-10-9-17-14-8-13(11(2)16)15(18-19(10)14)12-6-4-3-5-7-12;/h3-9,11H,16H2,1-2H3;1H2/t11-;/m0./s1. The Morgan fingerprint density at radius 3 is 2.55 bits per heavy atom. The van der Waals surface area contributed by atoms with Crippen molar-refractivity contribution in [2.45, 2.75) is 19.9 Å². The van der Waals surface area contributed by atoms with Crippen molar-refractivity contribution < 1.29 is 0 Å². The van der Waals surface area contributed by atoms with Crippen molar-refractivity contribution in [2.75, 3.05) is 0 Å². The number of fused-ring (bicyclic) bond motifs is 1. The number of hydrogen-bond donors (Lipinski definition) is 1. The van der Waals surface area contributed by atoms with Gasteiger partial charge in [0.2, 0.25) is 0 Å². The molecule has 0 fully saturated rings. The van der Waals surface area contributed by atoms with Crippen LogP contribution in [0, 0.1) is 6.92 Å². The van der Waals surface area contributed by atoms with Gasteiger partial charge in [0.25, 0.3) is 0 Å². The monoisotopic (exact) mass is 286 g/mol. The molecule has 1 atom stereocenters. The molecule has 0 radical (unpaired) electrons. The fourth-order valence-electron chi connectivity index (χ4n) is 2.21. The molecule has 0 aliphatic rings. The normalized spacial score (nSPS) is 12.2. The zero-order valence-electron chi connectivity index (χ0n) is 11.5. The summed E-state index contributed by atoms with van der Waals surface area (Å²) in [4.78, 5) is 4.34. The molecule has 3 rings (SSSR count). The highest BCUT2D eigenvalue weighted by atomic mass is 32.1. The summed E-state index contributed by atoms with van der Waals surface area (Å²) in [5, 5.41) is 4.70. The molecule has 1 aromatic carbocycles. The van der Waals surface area contributed by atoms with E-state index in [2.05, 4.69) is 4.98 Å². The fraction of sp³-hybridized carbons (Fsp3) is 0.200. The second-order valence-corrected chi connectivity index (χ2v) is 4.77. The molecule has 3 aromatic rings. The largest absolute Gasteiger partial charge is 0.324 e. The van der Waals surface area contributed by atoms with Gasteiger partial charge in [0.1, 0.15) is 0 Å². The van der Waals surface area contributed by atoms with Crippen LogP contribution in [0.3, 0.4) is 0 Å². The summed E-state index contributed by atoms with van der Waals surface area (Å²) in [5.41, 5.74) is 10.9. The van der Waals surface area contributed by atoms with Crippen molar-refractivity contribution in [2.24, 2.45) is 5.73 Å². The minimum atomic E-state index is -0.0790. The highest BCUT2D eigenvalue weighted by molar-refractivity contribution is 7.59. The zero-order valence-corrected chi connectivity index (χ0v) is 12.5. The van der Waals surface area contributed by atoms with Gasteiger partial charge in [0, 0.05) is 17.2 Å². The third-order valence-electron chi connectivity index (χ3n) is 3.23. The summed E-state index contributed by atoms with van der Waals surface area (Å²) in [6, 6.07) is 12.0. The summed E-state index contributed by atoms with van der Waals surface area (Å²) < 4.78 is 1.86. The van der Waals surface area contributed by atoms with Gasteiger partial charge in [-0.15, -0.1) is 0 Å². The van der Waals surface area contributed by atoms with Crippen molar-refractivity contribution in [1.82, 2.24) is 14.6 Å². The van der Waals surface area contributed by atoms with E-state index in [0.29, 0.717) is 0 Å². The van der Waals surface area contributed by atoms with Gasteiger partial charge in [0.15, 0.2) is 5.65 Å². The average molecular weight is 286 g/mol. The molecule has 0 aliphatic heterocycles. The zero-order chi connectivity index (χ0) is 13.4. The second kappa shape index (κ2) is 5.64. The first kappa shape index (κ1) is 14.6. The topological polar surface area (TPSA) is 56.2 Å². The minimum absolute atomic E-state index is 0. The van der Waals surface area contributed by atoms with Gasteiger partial charge in [-0.25, -0.2) is 9.50 Å². The van der Waals surface area contributed by atoms with Crippen LogP contribution < -0.4 is 5.73 Å². The Morgan fingerprint density at radius 1 is 1.20 bits per heavy atom. The van der Waals surface area contributed by atoms with E-state index >= 15 is 0 Å². The van der Waals surface area contributed by atoms with Crippen LogP contribution in [0.2, 0.25) is 0 Å². The molecular formula is C15H18N4S. The number of nitrogens with two attached hydrogens (primary N) is 1. The predicted molar refractivity (Wildman–Crippen MR) is 86.1 cm³/mol. The third kappa shape index (κ3) is 2.42. The van der Waals surface area contributed by atoms with Crippen LogP contribution in [0.15, 0.2) is 42.6 Å². The van der Waals surface area contributed by atoms with Crippen LogP contribution in [0.1, 0.15) is 24.2 Å². The van der Waals surface area contributed by atoms with Crippen LogP contribution in [-0.4, -0.2) is 14.6 Å². The Hall–Kier alpha value is -1.85. The third-order valence-corrected chi connectivity index (χ3v) is 3.23. The van der Waals surface area contributed by atoms with Gasteiger partial charge in [0.05, 0.1) is 17.6 Å². The number of aryl methyl sites for hydroxylation is 1. The number of nitrogens with zero attached hydrogens (tertiary/aromatic N) is 3. The summed E-state index contributed by atoms with van der Waals surface area (Å²) in [5.74, 6) is 0. The molecule has 0 spiro atoms. The number of hydrogen-bond acceptors (Lipinski definition) is 3. The van der Waals surface area contributed by atoms with E-state index in [1.165, 1.54) is 0 Å². The van der Waals surface area contributed by atoms with Crippen LogP contribution >= 0.6 is 13.5 Å². The van der Waals surface area contributed by atoms with Gasteiger partial charge in [-0.1, -0.05) is 30.3 Å².